The minimum atomic E-state index is -0.970. The third-order valence-corrected chi connectivity index (χ3v) is 5.91. The van der Waals surface area contributed by atoms with Crippen molar-refractivity contribution in [1.29, 1.82) is 0 Å². The zero-order chi connectivity index (χ0) is 28.3. The molecule has 0 unspecified atom stereocenters. The summed E-state index contributed by atoms with van der Waals surface area (Å²) in [4.78, 5) is 58.7. The number of nitrogens with two attached hydrogens (primary N) is 3. The third kappa shape index (κ3) is 10.7. The Morgan fingerprint density at radius 2 is 1.84 bits per heavy atom. The maximum Gasteiger partial charge on any atom is 0.408 e. The molecule has 0 radical (unpaired) electrons. The lowest BCUT2D eigenvalue weighted by atomic mass is 9.81. The Morgan fingerprint density at radius 3 is 2.42 bits per heavy atom. The minimum Gasteiger partial charge on any atom is -0.444 e. The van der Waals surface area contributed by atoms with Crippen molar-refractivity contribution < 1.29 is 28.3 Å². The van der Waals surface area contributed by atoms with Gasteiger partial charge >= 0.3 is 6.09 Å². The van der Waals surface area contributed by atoms with E-state index in [0.717, 1.165) is 12.8 Å². The van der Waals surface area contributed by atoms with E-state index in [1.54, 1.807) is 20.8 Å². The van der Waals surface area contributed by atoms with Crippen LogP contribution in [-0.4, -0.2) is 71.5 Å². The van der Waals surface area contributed by atoms with Crippen molar-refractivity contribution in [3.05, 3.63) is 18.4 Å². The number of Topliss-reactive ketones (excluding diaryl/α,β-unsaturated/α-hetero) is 1. The highest BCUT2D eigenvalue weighted by Gasteiger charge is 2.34. The largest absolute Gasteiger partial charge is 0.444 e. The van der Waals surface area contributed by atoms with Crippen molar-refractivity contribution in [2.24, 2.45) is 28.1 Å². The second-order valence-electron chi connectivity index (χ2n) is 10.3. The van der Waals surface area contributed by atoms with Crippen LogP contribution in [0.25, 0.3) is 0 Å². The number of nitrogens with zero attached hydrogens (tertiary/aromatic N) is 2. The van der Waals surface area contributed by atoms with Gasteiger partial charge in [-0.2, -0.15) is 0 Å². The summed E-state index contributed by atoms with van der Waals surface area (Å²) in [5, 5.41) is 7.81. The molecular formula is C24H40N8O6. The average molecular weight is 537 g/mol. The molecule has 212 valence electrons. The Hall–Kier alpha value is -3.68. The summed E-state index contributed by atoms with van der Waals surface area (Å²) >= 11 is 0. The van der Waals surface area contributed by atoms with E-state index in [1.807, 2.05) is 0 Å². The number of carbonyl (C=O) groups is 4. The molecule has 1 saturated carbocycles. The standard InChI is InChI=1S/C24H40N8O6/c1-24(2,3)38-23(36)32-18(14-6-8-15(25)9-7-14)20(35)30-13-17(33)31-16(5-4-10-29-22(26)27)19(34)21-28-11-12-37-21/h11-12,14-16,18H,4-10,13,25H2,1-3H3,(H,30,35)(H,31,33)(H,32,36)(H4,26,27,29)/t14?,15?,16-,18+/m0/s1. The van der Waals surface area contributed by atoms with Gasteiger partial charge in [0.2, 0.25) is 17.6 Å². The number of nitrogens with one attached hydrogen (secondary N) is 3. The molecule has 38 heavy (non-hydrogen) atoms. The quantitative estimate of drug-likeness (QED) is 0.0900. The van der Waals surface area contributed by atoms with Gasteiger partial charge in [0.15, 0.2) is 5.96 Å². The fourth-order valence-corrected chi connectivity index (χ4v) is 4.10. The Kier molecular flexibility index (Phi) is 11.5. The minimum absolute atomic E-state index is 0.0485. The summed E-state index contributed by atoms with van der Waals surface area (Å²) < 4.78 is 10.4. The average Bonchev–Trinajstić information content (AvgIpc) is 3.37. The van der Waals surface area contributed by atoms with Crippen LogP contribution in [0.1, 0.15) is 70.0 Å². The van der Waals surface area contributed by atoms with Crippen LogP contribution in [0.4, 0.5) is 4.79 Å². The predicted molar refractivity (Wildman–Crippen MR) is 139 cm³/mol. The number of rotatable bonds is 12. The monoisotopic (exact) mass is 536 g/mol. The number of amides is 3. The highest BCUT2D eigenvalue weighted by Crippen LogP contribution is 2.26. The zero-order valence-corrected chi connectivity index (χ0v) is 22.2. The first-order valence-corrected chi connectivity index (χ1v) is 12.7. The number of ketones is 1. The maximum absolute atomic E-state index is 13.1. The van der Waals surface area contributed by atoms with Gasteiger partial charge in [-0.15, -0.1) is 0 Å². The van der Waals surface area contributed by atoms with Gasteiger partial charge in [-0.05, 0) is 65.2 Å². The SMILES string of the molecule is CC(C)(C)OC(=O)N[C@@H](C(=O)NCC(=O)N[C@@H](CCCN=C(N)N)C(=O)c1ncco1)C1CCC(N)CC1. The molecule has 3 amide bonds. The molecule has 2 atom stereocenters. The fourth-order valence-electron chi connectivity index (χ4n) is 4.10. The first-order valence-electron chi connectivity index (χ1n) is 12.7. The number of hydrogen-bond donors (Lipinski definition) is 6. The van der Waals surface area contributed by atoms with Crippen LogP contribution in [0.2, 0.25) is 0 Å². The Balaban J connectivity index is 2.01. The number of guanidine groups is 1. The normalized spacial score (nSPS) is 18.9. The summed E-state index contributed by atoms with van der Waals surface area (Å²) in [5.74, 6) is -2.07. The van der Waals surface area contributed by atoms with Crippen molar-refractivity contribution in [2.45, 2.75) is 83.0 Å². The van der Waals surface area contributed by atoms with Gasteiger partial charge in [-0.1, -0.05) is 0 Å². The first-order chi connectivity index (χ1) is 17.9. The lowest BCUT2D eigenvalue weighted by molar-refractivity contribution is -0.128. The summed E-state index contributed by atoms with van der Waals surface area (Å²) in [6.45, 7) is 5.00. The van der Waals surface area contributed by atoms with Gasteiger partial charge < -0.3 is 42.3 Å². The van der Waals surface area contributed by atoms with Crippen molar-refractivity contribution in [2.75, 3.05) is 13.1 Å². The highest BCUT2D eigenvalue weighted by molar-refractivity contribution is 5.99. The zero-order valence-electron chi connectivity index (χ0n) is 22.2. The molecule has 14 nitrogen and oxygen atoms in total. The van der Waals surface area contributed by atoms with Crippen molar-refractivity contribution >= 4 is 29.7 Å². The Bertz CT molecular complexity index is 963. The van der Waals surface area contributed by atoms with Crippen molar-refractivity contribution in [3.8, 4) is 0 Å². The molecule has 1 aromatic rings. The Morgan fingerprint density at radius 1 is 1.16 bits per heavy atom. The molecule has 2 rings (SSSR count). The molecule has 0 aromatic carbocycles. The number of carbonyl (C=O) groups excluding carboxylic acids is 4. The fraction of sp³-hybridized carbons (Fsp3) is 0.667. The maximum atomic E-state index is 13.1. The summed E-state index contributed by atoms with van der Waals surface area (Å²) in [6, 6.07) is -1.83. The number of alkyl carbamates (subject to hydrolysis) is 1. The van der Waals surface area contributed by atoms with Gasteiger partial charge in [-0.3, -0.25) is 19.4 Å². The predicted octanol–water partition coefficient (Wildman–Crippen LogP) is -0.0773. The molecule has 14 heteroatoms. The molecule has 0 saturated heterocycles. The van der Waals surface area contributed by atoms with Crippen LogP contribution in [-0.2, 0) is 14.3 Å². The Labute approximate surface area is 221 Å². The van der Waals surface area contributed by atoms with Crippen LogP contribution in [0.3, 0.4) is 0 Å². The smallest absolute Gasteiger partial charge is 0.408 e. The molecule has 1 aliphatic carbocycles. The number of hydrogen-bond acceptors (Lipinski definition) is 9. The van der Waals surface area contributed by atoms with E-state index in [2.05, 4.69) is 25.9 Å². The van der Waals surface area contributed by atoms with E-state index >= 15 is 0 Å². The van der Waals surface area contributed by atoms with Gasteiger partial charge in [0, 0.05) is 12.6 Å². The summed E-state index contributed by atoms with van der Waals surface area (Å²) in [6.07, 6.45) is 5.17. The number of aliphatic imine (C=N–C) groups is 1. The molecule has 0 aliphatic heterocycles. The molecule has 0 spiro atoms. The molecule has 1 fully saturated rings. The van der Waals surface area contributed by atoms with Gasteiger partial charge in [0.1, 0.15) is 17.9 Å². The second-order valence-corrected chi connectivity index (χ2v) is 10.3. The highest BCUT2D eigenvalue weighted by atomic mass is 16.6. The molecule has 0 bridgehead atoms. The topological polar surface area (TPSA) is 230 Å². The molecule has 1 aliphatic rings. The van der Waals surface area contributed by atoms with Gasteiger partial charge in [0.25, 0.3) is 5.89 Å². The van der Waals surface area contributed by atoms with Crippen LogP contribution in [0.5, 0.6) is 0 Å². The third-order valence-electron chi connectivity index (χ3n) is 5.91. The van der Waals surface area contributed by atoms with E-state index in [1.165, 1.54) is 12.5 Å². The van der Waals surface area contributed by atoms with E-state index in [0.29, 0.717) is 19.3 Å². The molecule has 1 aromatic heterocycles. The molecular weight excluding hydrogens is 496 g/mol. The van der Waals surface area contributed by atoms with Crippen molar-refractivity contribution in [1.82, 2.24) is 20.9 Å². The number of aromatic nitrogens is 1. The van der Waals surface area contributed by atoms with Gasteiger partial charge in [-0.25, -0.2) is 9.78 Å². The van der Waals surface area contributed by atoms with Gasteiger partial charge in [0.05, 0.1) is 18.8 Å². The number of ether oxygens (including phenoxy) is 1. The summed E-state index contributed by atoms with van der Waals surface area (Å²) in [5.41, 5.74) is 15.9. The van der Waals surface area contributed by atoms with Crippen LogP contribution < -0.4 is 33.2 Å². The number of oxazole rings is 1. The van der Waals surface area contributed by atoms with E-state index in [-0.39, 0.29) is 36.8 Å². The van der Waals surface area contributed by atoms with E-state index < -0.39 is 47.9 Å². The molecule has 1 heterocycles. The van der Waals surface area contributed by atoms with E-state index in [4.69, 9.17) is 26.4 Å². The van der Waals surface area contributed by atoms with Crippen LogP contribution in [0, 0.1) is 5.92 Å². The summed E-state index contributed by atoms with van der Waals surface area (Å²) in [7, 11) is 0. The lowest BCUT2D eigenvalue weighted by Gasteiger charge is -2.32. The van der Waals surface area contributed by atoms with E-state index in [9.17, 15) is 19.2 Å². The molecule has 9 N–H and O–H groups in total. The second kappa shape index (κ2) is 14.3. The van der Waals surface area contributed by atoms with Crippen molar-refractivity contribution in [3.63, 3.8) is 0 Å². The first kappa shape index (κ1) is 30.5. The van der Waals surface area contributed by atoms with Crippen LogP contribution in [0.15, 0.2) is 21.9 Å². The van der Waals surface area contributed by atoms with Crippen LogP contribution >= 0.6 is 0 Å². The lowest BCUT2D eigenvalue weighted by Crippen LogP contribution is -2.54.